The first-order valence-corrected chi connectivity index (χ1v) is 6.66. The molecular weight excluding hydrogens is 204 g/mol. The molecule has 0 aromatic heterocycles. The molecule has 3 nitrogen and oxygen atoms in total. The van der Waals surface area contributed by atoms with Gasteiger partial charge in [0.05, 0.1) is 13.2 Å². The number of carbonyl (C=O) groups excluding carboxylic acids is 1. The first-order chi connectivity index (χ1) is 7.84. The Morgan fingerprint density at radius 3 is 2.62 bits per heavy atom. The fraction of sp³-hybridized carbons (Fsp3) is 0.923. The van der Waals surface area contributed by atoms with Crippen molar-refractivity contribution in [1.29, 1.82) is 0 Å². The minimum Gasteiger partial charge on any atom is -0.347 e. The van der Waals surface area contributed by atoms with Crippen LogP contribution in [-0.2, 0) is 14.3 Å². The number of ketones is 1. The normalized spacial score (nSPS) is 69.9. The standard InChI is InChI=1S/C13H14O3/c14-12-8-4-3-5-7-6(4)9(12)11(7)13(10(5)8)15-1-2-16-13/h4-11H,1-3H2/t4-,5+,6-,7+,8-,9+,10+,11+/m0/s1. The maximum absolute atomic E-state index is 12.3. The minimum atomic E-state index is -0.291. The summed E-state index contributed by atoms with van der Waals surface area (Å²) in [6.45, 7) is 1.49. The Balaban J connectivity index is 1.66. The molecule has 0 amide bonds. The highest BCUT2D eigenvalue weighted by atomic mass is 16.7. The van der Waals surface area contributed by atoms with Gasteiger partial charge in [-0.15, -0.1) is 0 Å². The molecule has 6 fully saturated rings. The van der Waals surface area contributed by atoms with Crippen LogP contribution in [0.25, 0.3) is 0 Å². The van der Waals surface area contributed by atoms with E-state index in [4.69, 9.17) is 9.47 Å². The average Bonchev–Trinajstić information content (AvgIpc) is 2.87. The van der Waals surface area contributed by atoms with Crippen LogP contribution in [0.3, 0.4) is 0 Å². The molecule has 5 saturated carbocycles. The molecular formula is C13H14O3. The summed E-state index contributed by atoms with van der Waals surface area (Å²) >= 11 is 0. The number of Topliss-reactive ketones (excluding diaryl/α,β-unsaturated/α-hetero) is 1. The van der Waals surface area contributed by atoms with Gasteiger partial charge in [-0.1, -0.05) is 0 Å². The topological polar surface area (TPSA) is 35.5 Å². The molecule has 0 aromatic rings. The summed E-state index contributed by atoms with van der Waals surface area (Å²) in [7, 11) is 0. The highest BCUT2D eigenvalue weighted by Crippen LogP contribution is 2.85. The zero-order valence-electron chi connectivity index (χ0n) is 8.96. The summed E-state index contributed by atoms with van der Waals surface area (Å²) in [5.74, 6) is 4.88. The molecule has 0 aromatic carbocycles. The third-order valence-electron chi connectivity index (χ3n) is 6.83. The molecule has 2 bridgehead atoms. The van der Waals surface area contributed by atoms with E-state index in [1.54, 1.807) is 0 Å². The van der Waals surface area contributed by atoms with Crippen LogP contribution in [0.15, 0.2) is 0 Å². The third kappa shape index (κ3) is 0.458. The van der Waals surface area contributed by atoms with Crippen LogP contribution in [0.1, 0.15) is 6.42 Å². The minimum absolute atomic E-state index is 0.291. The molecule has 8 atom stereocenters. The number of hydrogen-bond donors (Lipinski definition) is 0. The Hall–Kier alpha value is -0.410. The monoisotopic (exact) mass is 218 g/mol. The molecule has 5 aliphatic carbocycles. The van der Waals surface area contributed by atoms with Gasteiger partial charge >= 0.3 is 0 Å². The van der Waals surface area contributed by atoms with Gasteiger partial charge in [-0.05, 0) is 30.1 Å². The Morgan fingerprint density at radius 2 is 1.81 bits per heavy atom. The fourth-order valence-corrected chi connectivity index (χ4v) is 6.94. The van der Waals surface area contributed by atoms with E-state index in [-0.39, 0.29) is 5.79 Å². The molecule has 1 spiro atoms. The predicted molar refractivity (Wildman–Crippen MR) is 52.2 cm³/mol. The van der Waals surface area contributed by atoms with Crippen molar-refractivity contribution in [2.75, 3.05) is 13.2 Å². The lowest BCUT2D eigenvalue weighted by atomic mass is 9.58. The van der Waals surface area contributed by atoms with Crippen LogP contribution in [0.2, 0.25) is 0 Å². The quantitative estimate of drug-likeness (QED) is 0.600. The van der Waals surface area contributed by atoms with Gasteiger partial charge in [-0.2, -0.15) is 0 Å². The smallest absolute Gasteiger partial charge is 0.176 e. The molecule has 1 saturated heterocycles. The molecule has 6 rings (SSSR count). The molecule has 0 unspecified atom stereocenters. The summed E-state index contributed by atoms with van der Waals surface area (Å²) < 4.78 is 12.1. The number of hydrogen-bond acceptors (Lipinski definition) is 3. The van der Waals surface area contributed by atoms with Crippen LogP contribution >= 0.6 is 0 Å². The highest BCUT2D eigenvalue weighted by molar-refractivity contribution is 5.91. The lowest BCUT2D eigenvalue weighted by Gasteiger charge is -2.49. The first kappa shape index (κ1) is 7.83. The van der Waals surface area contributed by atoms with E-state index >= 15 is 0 Å². The van der Waals surface area contributed by atoms with Crippen LogP contribution < -0.4 is 0 Å². The van der Waals surface area contributed by atoms with E-state index in [1.807, 2.05) is 0 Å². The van der Waals surface area contributed by atoms with Crippen LogP contribution in [0, 0.1) is 47.3 Å². The molecule has 0 N–H and O–H groups in total. The van der Waals surface area contributed by atoms with Crippen LogP contribution in [0.4, 0.5) is 0 Å². The lowest BCUT2D eigenvalue weighted by molar-refractivity contribution is -0.252. The van der Waals surface area contributed by atoms with Gasteiger partial charge in [0, 0.05) is 23.7 Å². The first-order valence-electron chi connectivity index (χ1n) is 6.66. The zero-order chi connectivity index (χ0) is 10.2. The van der Waals surface area contributed by atoms with Crippen molar-refractivity contribution in [3.05, 3.63) is 0 Å². The third-order valence-corrected chi connectivity index (χ3v) is 6.83. The van der Waals surface area contributed by atoms with E-state index in [9.17, 15) is 4.79 Å². The number of ether oxygens (including phenoxy) is 2. The van der Waals surface area contributed by atoms with Gasteiger partial charge < -0.3 is 9.47 Å². The SMILES string of the molecule is O=C1[C@@H]2[C@H]3[C@@H]4C[C@@H]5[C@H]3[C@H]2C2(OCCO2)[C@H]5[C@@H]14. The van der Waals surface area contributed by atoms with Gasteiger partial charge in [0.25, 0.3) is 0 Å². The highest BCUT2D eigenvalue weighted by Gasteiger charge is 2.89. The van der Waals surface area contributed by atoms with Crippen molar-refractivity contribution in [2.45, 2.75) is 12.2 Å². The van der Waals surface area contributed by atoms with Gasteiger partial charge in [0.1, 0.15) is 5.78 Å². The molecule has 6 aliphatic rings. The lowest BCUT2D eigenvalue weighted by Crippen LogP contribution is -2.58. The van der Waals surface area contributed by atoms with Crippen molar-refractivity contribution < 1.29 is 14.3 Å². The van der Waals surface area contributed by atoms with Crippen LogP contribution in [-0.4, -0.2) is 24.8 Å². The van der Waals surface area contributed by atoms with E-state index in [0.717, 1.165) is 36.9 Å². The predicted octanol–water partition coefficient (Wildman–Crippen LogP) is 0.686. The number of rotatable bonds is 0. The maximum Gasteiger partial charge on any atom is 0.176 e. The molecule has 16 heavy (non-hydrogen) atoms. The van der Waals surface area contributed by atoms with Gasteiger partial charge in [-0.3, -0.25) is 4.79 Å². The van der Waals surface area contributed by atoms with Crippen molar-refractivity contribution in [1.82, 2.24) is 0 Å². The second-order valence-corrected chi connectivity index (χ2v) is 6.64. The Kier molecular flexibility index (Phi) is 0.933. The largest absolute Gasteiger partial charge is 0.347 e. The maximum atomic E-state index is 12.3. The van der Waals surface area contributed by atoms with E-state index in [0.29, 0.717) is 29.5 Å². The van der Waals surface area contributed by atoms with E-state index in [2.05, 4.69) is 0 Å². The molecule has 84 valence electrons. The zero-order valence-corrected chi connectivity index (χ0v) is 8.96. The second kappa shape index (κ2) is 1.91. The van der Waals surface area contributed by atoms with E-state index in [1.165, 1.54) is 6.42 Å². The van der Waals surface area contributed by atoms with Crippen molar-refractivity contribution in [2.24, 2.45) is 47.3 Å². The molecule has 1 aliphatic heterocycles. The average molecular weight is 218 g/mol. The Bertz CT molecular complexity index is 438. The van der Waals surface area contributed by atoms with Crippen molar-refractivity contribution in [3.63, 3.8) is 0 Å². The number of fused-ring (bicyclic) bond motifs is 4. The van der Waals surface area contributed by atoms with Gasteiger partial charge in [0.2, 0.25) is 0 Å². The van der Waals surface area contributed by atoms with Crippen molar-refractivity contribution in [3.8, 4) is 0 Å². The van der Waals surface area contributed by atoms with Crippen molar-refractivity contribution >= 4 is 5.78 Å². The summed E-state index contributed by atoms with van der Waals surface area (Å²) in [5.41, 5.74) is 0. The number of carbonyl (C=O) groups is 1. The fourth-order valence-electron chi connectivity index (χ4n) is 6.94. The van der Waals surface area contributed by atoms with Gasteiger partial charge in [0.15, 0.2) is 5.79 Å². The van der Waals surface area contributed by atoms with E-state index < -0.39 is 0 Å². The molecule has 1 heterocycles. The Morgan fingerprint density at radius 1 is 1.00 bits per heavy atom. The summed E-state index contributed by atoms with van der Waals surface area (Å²) in [5, 5.41) is 0. The Labute approximate surface area is 93.5 Å². The summed E-state index contributed by atoms with van der Waals surface area (Å²) in [6.07, 6.45) is 1.30. The summed E-state index contributed by atoms with van der Waals surface area (Å²) in [6, 6.07) is 0. The van der Waals surface area contributed by atoms with Crippen LogP contribution in [0.5, 0.6) is 0 Å². The summed E-state index contributed by atoms with van der Waals surface area (Å²) in [4.78, 5) is 12.3. The second-order valence-electron chi connectivity index (χ2n) is 6.64. The van der Waals surface area contributed by atoms with Gasteiger partial charge in [-0.25, -0.2) is 0 Å². The molecule has 3 heteroatoms. The molecule has 0 radical (unpaired) electrons.